The van der Waals surface area contributed by atoms with Gasteiger partial charge in [-0.15, -0.1) is 0 Å². The number of esters is 1. The maximum Gasteiger partial charge on any atom is 0.339 e. The molecule has 1 unspecified atom stereocenters. The van der Waals surface area contributed by atoms with E-state index in [-0.39, 0.29) is 17.0 Å². The van der Waals surface area contributed by atoms with Gasteiger partial charge in [0.25, 0.3) is 5.91 Å². The van der Waals surface area contributed by atoms with Crippen molar-refractivity contribution in [1.82, 2.24) is 10.6 Å². The number of sulfonamides is 1. The number of hydrogen-bond donors (Lipinski definition) is 3. The van der Waals surface area contributed by atoms with Gasteiger partial charge in [0.1, 0.15) is 0 Å². The minimum atomic E-state index is -4.01. The van der Waals surface area contributed by atoms with Crippen LogP contribution in [0.1, 0.15) is 28.4 Å². The highest BCUT2D eigenvalue weighted by Crippen LogP contribution is 2.16. The molecule has 9 nitrogen and oxygen atoms in total. The second kappa shape index (κ2) is 9.30. The fourth-order valence-corrected chi connectivity index (χ4v) is 2.85. The molecule has 0 radical (unpaired) electrons. The van der Waals surface area contributed by atoms with Crippen LogP contribution in [-0.4, -0.2) is 32.4 Å². The Balaban J connectivity index is 1.95. The minimum Gasteiger partial charge on any atom is -0.449 e. The van der Waals surface area contributed by atoms with E-state index in [1.54, 1.807) is 6.92 Å². The summed E-state index contributed by atoms with van der Waals surface area (Å²) < 4.78 is 27.9. The van der Waals surface area contributed by atoms with Gasteiger partial charge in [0.05, 0.1) is 10.5 Å². The molecule has 29 heavy (non-hydrogen) atoms. The van der Waals surface area contributed by atoms with E-state index in [0.29, 0.717) is 5.56 Å². The van der Waals surface area contributed by atoms with E-state index in [4.69, 9.17) is 9.88 Å². The molecule has 0 aliphatic heterocycles. The second-order valence-corrected chi connectivity index (χ2v) is 7.79. The van der Waals surface area contributed by atoms with Crippen molar-refractivity contribution < 1.29 is 27.5 Å². The maximum absolute atomic E-state index is 12.3. The Bertz CT molecular complexity index is 1020. The van der Waals surface area contributed by atoms with Gasteiger partial charge in [-0.1, -0.05) is 36.4 Å². The Morgan fingerprint density at radius 3 is 2.38 bits per heavy atom. The Morgan fingerprint density at radius 1 is 1.10 bits per heavy atom. The van der Waals surface area contributed by atoms with Crippen molar-refractivity contribution in [2.75, 3.05) is 0 Å². The van der Waals surface area contributed by atoms with Crippen LogP contribution in [0.25, 0.3) is 0 Å². The van der Waals surface area contributed by atoms with Crippen molar-refractivity contribution in [1.29, 1.82) is 0 Å². The molecule has 3 amide bonds. The van der Waals surface area contributed by atoms with Gasteiger partial charge in [-0.2, -0.15) is 0 Å². The number of aryl methyl sites for hydroxylation is 1. The average molecular weight is 419 g/mol. The number of imide groups is 1. The smallest absolute Gasteiger partial charge is 0.339 e. The van der Waals surface area contributed by atoms with Gasteiger partial charge in [-0.3, -0.25) is 10.1 Å². The summed E-state index contributed by atoms with van der Waals surface area (Å²) in [5.74, 6) is -1.75. The van der Waals surface area contributed by atoms with Gasteiger partial charge >= 0.3 is 12.0 Å². The molecule has 4 N–H and O–H groups in total. The Morgan fingerprint density at radius 2 is 1.76 bits per heavy atom. The van der Waals surface area contributed by atoms with E-state index in [1.807, 2.05) is 30.3 Å². The number of hydrogen-bond acceptors (Lipinski definition) is 6. The summed E-state index contributed by atoms with van der Waals surface area (Å²) in [7, 11) is -4.01. The molecule has 0 saturated carbocycles. The van der Waals surface area contributed by atoms with Crippen LogP contribution >= 0.6 is 0 Å². The summed E-state index contributed by atoms with van der Waals surface area (Å²) in [6.45, 7) is 3.08. The summed E-state index contributed by atoms with van der Waals surface area (Å²) in [5.41, 5.74) is 1.24. The van der Waals surface area contributed by atoms with E-state index >= 15 is 0 Å². The number of urea groups is 1. The van der Waals surface area contributed by atoms with Crippen LogP contribution in [0.5, 0.6) is 0 Å². The summed E-state index contributed by atoms with van der Waals surface area (Å²) in [6, 6.07) is 12.1. The number of nitrogens with one attached hydrogen (secondary N) is 2. The molecule has 154 valence electrons. The van der Waals surface area contributed by atoms with E-state index in [9.17, 15) is 22.8 Å². The van der Waals surface area contributed by atoms with Gasteiger partial charge in [0.2, 0.25) is 10.0 Å². The third-order valence-electron chi connectivity index (χ3n) is 3.94. The molecular formula is C19H21N3O6S. The number of carbonyl (C=O) groups is 3. The average Bonchev–Trinajstić information content (AvgIpc) is 2.66. The molecule has 0 aromatic heterocycles. The van der Waals surface area contributed by atoms with Crippen molar-refractivity contribution in [2.24, 2.45) is 5.14 Å². The van der Waals surface area contributed by atoms with Crippen LogP contribution < -0.4 is 15.8 Å². The molecule has 0 saturated heterocycles. The predicted octanol–water partition coefficient (Wildman–Crippen LogP) is 1.21. The molecule has 10 heteroatoms. The number of amides is 3. The molecule has 0 aliphatic carbocycles. The van der Waals surface area contributed by atoms with Crippen molar-refractivity contribution >= 4 is 27.9 Å². The lowest BCUT2D eigenvalue weighted by atomic mass is 10.1. The monoisotopic (exact) mass is 419 g/mol. The highest BCUT2D eigenvalue weighted by atomic mass is 32.2. The van der Waals surface area contributed by atoms with Crippen LogP contribution in [-0.2, 0) is 26.1 Å². The first kappa shape index (κ1) is 22.1. The summed E-state index contributed by atoms with van der Waals surface area (Å²) >= 11 is 0. The minimum absolute atomic E-state index is 0.0512. The summed E-state index contributed by atoms with van der Waals surface area (Å²) in [6.07, 6.45) is -1.29. The number of primary sulfonamides is 1. The molecule has 1 atom stereocenters. The van der Waals surface area contributed by atoms with E-state index in [1.165, 1.54) is 19.1 Å². The lowest BCUT2D eigenvalue weighted by Crippen LogP contribution is -2.44. The van der Waals surface area contributed by atoms with Crippen molar-refractivity contribution in [3.05, 3.63) is 65.2 Å². The first-order chi connectivity index (χ1) is 13.6. The van der Waals surface area contributed by atoms with E-state index in [0.717, 1.165) is 11.6 Å². The highest BCUT2D eigenvalue weighted by Gasteiger charge is 2.23. The molecule has 0 aliphatic rings. The number of nitrogens with two attached hydrogens (primary N) is 1. The van der Waals surface area contributed by atoms with Crippen LogP contribution in [0.3, 0.4) is 0 Å². The first-order valence-corrected chi connectivity index (χ1v) is 10.1. The van der Waals surface area contributed by atoms with Gasteiger partial charge in [-0.25, -0.2) is 23.1 Å². The lowest BCUT2D eigenvalue weighted by molar-refractivity contribution is -0.127. The topological polar surface area (TPSA) is 145 Å². The normalized spacial score (nSPS) is 12.0. The van der Waals surface area contributed by atoms with Gasteiger partial charge in [0, 0.05) is 6.54 Å². The third-order valence-corrected chi connectivity index (χ3v) is 4.85. The zero-order valence-corrected chi connectivity index (χ0v) is 16.7. The fourth-order valence-electron chi connectivity index (χ4n) is 2.31. The molecule has 0 bridgehead atoms. The van der Waals surface area contributed by atoms with Crippen LogP contribution in [0.2, 0.25) is 0 Å². The third kappa shape index (κ3) is 6.40. The molecule has 0 heterocycles. The molecule has 2 aromatic carbocycles. The second-order valence-electron chi connectivity index (χ2n) is 6.23. The summed E-state index contributed by atoms with van der Waals surface area (Å²) in [4.78, 5) is 36.0. The number of ether oxygens (including phenoxy) is 1. The SMILES string of the molecule is Cc1ccc(S(N)(=O)=O)cc1C(=O)OC(C)C(=O)NC(=O)NCc1ccccc1. The molecule has 2 aromatic rings. The van der Waals surface area contributed by atoms with Crippen molar-refractivity contribution in [3.63, 3.8) is 0 Å². The molecular weight excluding hydrogens is 398 g/mol. The van der Waals surface area contributed by atoms with E-state index in [2.05, 4.69) is 10.6 Å². The molecule has 0 spiro atoms. The Labute approximate surface area is 168 Å². The molecule has 0 fully saturated rings. The quantitative estimate of drug-likeness (QED) is 0.600. The standard InChI is InChI=1S/C19H21N3O6S/c1-12-8-9-15(29(20,26)27)10-16(12)18(24)28-13(2)17(23)22-19(25)21-11-14-6-4-3-5-7-14/h3-10,13H,11H2,1-2H3,(H2,20,26,27)(H2,21,22,23,25). The zero-order valence-electron chi connectivity index (χ0n) is 15.8. The van der Waals surface area contributed by atoms with E-state index < -0.39 is 34.0 Å². The predicted molar refractivity (Wildman–Crippen MR) is 104 cm³/mol. The lowest BCUT2D eigenvalue weighted by Gasteiger charge is -2.14. The van der Waals surface area contributed by atoms with Crippen molar-refractivity contribution in [2.45, 2.75) is 31.4 Å². The van der Waals surface area contributed by atoms with Crippen LogP contribution in [0, 0.1) is 6.92 Å². The summed E-state index contributed by atoms with van der Waals surface area (Å²) in [5, 5.41) is 9.65. The van der Waals surface area contributed by atoms with Crippen LogP contribution in [0.15, 0.2) is 53.4 Å². The highest BCUT2D eigenvalue weighted by molar-refractivity contribution is 7.89. The van der Waals surface area contributed by atoms with Gasteiger partial charge < -0.3 is 10.1 Å². The van der Waals surface area contributed by atoms with Crippen molar-refractivity contribution in [3.8, 4) is 0 Å². The largest absolute Gasteiger partial charge is 0.449 e. The zero-order chi connectivity index (χ0) is 21.6. The Hall–Kier alpha value is -3.24. The Kier molecular flexibility index (Phi) is 7.08. The first-order valence-electron chi connectivity index (χ1n) is 8.55. The van der Waals surface area contributed by atoms with Gasteiger partial charge in [0.15, 0.2) is 6.10 Å². The molecule has 2 rings (SSSR count). The maximum atomic E-state index is 12.3. The number of carbonyl (C=O) groups excluding carboxylic acids is 3. The van der Waals surface area contributed by atoms with Gasteiger partial charge in [-0.05, 0) is 37.1 Å². The number of benzene rings is 2. The van der Waals surface area contributed by atoms with Crippen LogP contribution in [0.4, 0.5) is 4.79 Å². The fraction of sp³-hybridized carbons (Fsp3) is 0.211. The number of rotatable bonds is 6.